The van der Waals surface area contributed by atoms with Crippen LogP contribution in [0.15, 0.2) is 0 Å². The molecule has 0 saturated carbocycles. The Bertz CT molecular complexity index is 149. The van der Waals surface area contributed by atoms with Crippen molar-refractivity contribution >= 4 is 22.6 Å². The molecule has 0 saturated heterocycles. The largest absolute Gasteiger partial charge is 0.196 e. The van der Waals surface area contributed by atoms with E-state index in [-0.39, 0.29) is 0 Å². The van der Waals surface area contributed by atoms with Crippen molar-refractivity contribution in [2.24, 2.45) is 0 Å². The minimum absolute atomic E-state index is 0.653. The molecule has 0 heterocycles. The number of rotatable bonds is 2. The van der Waals surface area contributed by atoms with Crippen LogP contribution in [0.4, 0.5) is 0 Å². The summed E-state index contributed by atoms with van der Waals surface area (Å²) in [6, 6.07) is 3.91. The molecule has 0 aliphatic carbocycles. The van der Waals surface area contributed by atoms with Crippen LogP contribution in [0.5, 0.6) is 0 Å². The van der Waals surface area contributed by atoms with E-state index in [1.165, 1.54) is 0 Å². The zero-order valence-electron chi connectivity index (χ0n) is 5.19. The highest BCUT2D eigenvalue weighted by atomic mass is 127. The van der Waals surface area contributed by atoms with Crippen LogP contribution < -0.4 is 0 Å². The zero-order chi connectivity index (χ0) is 7.33. The van der Waals surface area contributed by atoms with E-state index < -0.39 is 3.42 Å². The Kier molecular flexibility index (Phi) is 3.56. The van der Waals surface area contributed by atoms with Crippen LogP contribution in [0, 0.1) is 22.7 Å². The van der Waals surface area contributed by atoms with Gasteiger partial charge in [-0.05, 0) is 29.0 Å². The van der Waals surface area contributed by atoms with Gasteiger partial charge in [-0.2, -0.15) is 10.5 Å². The summed E-state index contributed by atoms with van der Waals surface area (Å²) in [5, 5.41) is 16.9. The van der Waals surface area contributed by atoms with Gasteiger partial charge in [-0.15, -0.1) is 0 Å². The molecule has 0 radical (unpaired) electrons. The Morgan fingerprint density at radius 3 is 2.00 bits per heavy atom. The first-order valence-electron chi connectivity index (χ1n) is 2.70. The van der Waals surface area contributed by atoms with E-state index in [0.717, 1.165) is 6.42 Å². The van der Waals surface area contributed by atoms with Gasteiger partial charge in [0.25, 0.3) is 0 Å². The predicted octanol–water partition coefficient (Wildman–Crippen LogP) is 2.01. The molecule has 0 atom stereocenters. The molecule has 0 aromatic heterocycles. The van der Waals surface area contributed by atoms with Crippen LogP contribution in [0.3, 0.4) is 0 Å². The van der Waals surface area contributed by atoms with Gasteiger partial charge in [0.05, 0.1) is 12.1 Å². The second-order valence-corrected chi connectivity index (χ2v) is 3.62. The highest BCUT2D eigenvalue weighted by Crippen LogP contribution is 2.22. The topological polar surface area (TPSA) is 47.6 Å². The molecule has 0 amide bonds. The SMILES string of the molecule is CCCC(I)(C#N)C#N. The molecule has 9 heavy (non-hydrogen) atoms. The third kappa shape index (κ3) is 2.67. The summed E-state index contributed by atoms with van der Waals surface area (Å²) in [6.45, 7) is 1.96. The number of halogens is 1. The summed E-state index contributed by atoms with van der Waals surface area (Å²) >= 11 is 1.88. The van der Waals surface area contributed by atoms with Crippen molar-refractivity contribution in [1.82, 2.24) is 0 Å². The average molecular weight is 234 g/mol. The molecule has 0 N–H and O–H groups in total. The molecule has 0 aliphatic heterocycles. The van der Waals surface area contributed by atoms with Gasteiger partial charge in [0.1, 0.15) is 0 Å². The Labute approximate surface area is 68.6 Å². The van der Waals surface area contributed by atoms with Crippen LogP contribution in [0.1, 0.15) is 19.8 Å². The van der Waals surface area contributed by atoms with Gasteiger partial charge in [-0.1, -0.05) is 13.3 Å². The zero-order valence-corrected chi connectivity index (χ0v) is 7.34. The number of nitrogens with zero attached hydrogens (tertiary/aromatic N) is 2. The van der Waals surface area contributed by atoms with Crippen LogP contribution in [0.25, 0.3) is 0 Å². The maximum atomic E-state index is 8.44. The highest BCUT2D eigenvalue weighted by Gasteiger charge is 2.23. The second kappa shape index (κ2) is 3.68. The molecule has 2 nitrogen and oxygen atoms in total. The first-order chi connectivity index (χ1) is 4.18. The van der Waals surface area contributed by atoms with Gasteiger partial charge >= 0.3 is 0 Å². The molecule has 0 spiro atoms. The third-order valence-corrected chi connectivity index (χ3v) is 1.97. The van der Waals surface area contributed by atoms with Crippen molar-refractivity contribution in [2.45, 2.75) is 23.2 Å². The molecule has 0 fully saturated rings. The average Bonchev–Trinajstić information content (AvgIpc) is 1.89. The smallest absolute Gasteiger partial charge is 0.193 e. The van der Waals surface area contributed by atoms with Gasteiger partial charge in [-0.25, -0.2) is 0 Å². The number of alkyl halides is 1. The van der Waals surface area contributed by atoms with Crippen molar-refractivity contribution in [3.05, 3.63) is 0 Å². The summed E-state index contributed by atoms with van der Waals surface area (Å²) in [5.74, 6) is 0. The summed E-state index contributed by atoms with van der Waals surface area (Å²) in [7, 11) is 0. The van der Waals surface area contributed by atoms with E-state index in [1.807, 2.05) is 41.7 Å². The van der Waals surface area contributed by atoms with E-state index in [1.54, 1.807) is 0 Å². The summed E-state index contributed by atoms with van der Waals surface area (Å²) < 4.78 is -0.785. The molecule has 48 valence electrons. The van der Waals surface area contributed by atoms with Crippen molar-refractivity contribution in [3.8, 4) is 12.1 Å². The number of hydrogen-bond acceptors (Lipinski definition) is 2. The normalized spacial score (nSPS) is 9.78. The lowest BCUT2D eigenvalue weighted by atomic mass is 10.1. The Balaban J connectivity index is 4.02. The van der Waals surface area contributed by atoms with Crippen LogP contribution in [-0.4, -0.2) is 3.42 Å². The fraction of sp³-hybridized carbons (Fsp3) is 0.667. The fourth-order valence-electron chi connectivity index (χ4n) is 0.481. The molecule has 3 heteroatoms. The molecule has 0 rings (SSSR count). The maximum Gasteiger partial charge on any atom is 0.193 e. The molecular weight excluding hydrogens is 227 g/mol. The van der Waals surface area contributed by atoms with Crippen LogP contribution >= 0.6 is 22.6 Å². The van der Waals surface area contributed by atoms with Crippen LogP contribution in [0.2, 0.25) is 0 Å². The van der Waals surface area contributed by atoms with Crippen molar-refractivity contribution in [3.63, 3.8) is 0 Å². The molecule has 0 bridgehead atoms. The molecule has 0 aliphatic rings. The van der Waals surface area contributed by atoms with Gasteiger partial charge < -0.3 is 0 Å². The summed E-state index contributed by atoms with van der Waals surface area (Å²) in [6.07, 6.45) is 1.53. The minimum atomic E-state index is -0.785. The molecule has 0 aromatic rings. The van der Waals surface area contributed by atoms with Crippen molar-refractivity contribution in [2.75, 3.05) is 0 Å². The highest BCUT2D eigenvalue weighted by molar-refractivity contribution is 14.1. The van der Waals surface area contributed by atoms with Crippen molar-refractivity contribution in [1.29, 1.82) is 10.5 Å². The Morgan fingerprint density at radius 2 is 1.89 bits per heavy atom. The predicted molar refractivity (Wildman–Crippen MR) is 42.9 cm³/mol. The third-order valence-electron chi connectivity index (χ3n) is 0.949. The Hall–Kier alpha value is -0.290. The number of nitriles is 2. The molecule has 0 unspecified atom stereocenters. The van der Waals surface area contributed by atoms with E-state index in [2.05, 4.69) is 0 Å². The van der Waals surface area contributed by atoms with E-state index >= 15 is 0 Å². The van der Waals surface area contributed by atoms with Gasteiger partial charge in [0, 0.05) is 0 Å². The van der Waals surface area contributed by atoms with E-state index in [9.17, 15) is 0 Å². The summed E-state index contributed by atoms with van der Waals surface area (Å²) in [5.41, 5.74) is 0. The van der Waals surface area contributed by atoms with Gasteiger partial charge in [0.2, 0.25) is 0 Å². The van der Waals surface area contributed by atoms with Gasteiger partial charge in [0.15, 0.2) is 3.42 Å². The Morgan fingerprint density at radius 1 is 1.44 bits per heavy atom. The number of hydrogen-bond donors (Lipinski definition) is 0. The van der Waals surface area contributed by atoms with E-state index in [4.69, 9.17) is 10.5 Å². The maximum absolute atomic E-state index is 8.44. The van der Waals surface area contributed by atoms with E-state index in [0.29, 0.717) is 6.42 Å². The lowest BCUT2D eigenvalue weighted by Crippen LogP contribution is -2.13. The first-order valence-corrected chi connectivity index (χ1v) is 3.78. The fourth-order valence-corrected chi connectivity index (χ4v) is 1.02. The monoisotopic (exact) mass is 234 g/mol. The minimum Gasteiger partial charge on any atom is -0.196 e. The quantitative estimate of drug-likeness (QED) is 0.541. The molecular formula is C6H7IN2. The summed E-state index contributed by atoms with van der Waals surface area (Å²) in [4.78, 5) is 0. The second-order valence-electron chi connectivity index (χ2n) is 1.77. The first kappa shape index (κ1) is 8.71. The molecule has 0 aromatic carbocycles. The lowest BCUT2D eigenvalue weighted by Gasteiger charge is -2.05. The van der Waals surface area contributed by atoms with Crippen LogP contribution in [-0.2, 0) is 0 Å². The standard InChI is InChI=1S/C6H7IN2/c1-2-3-6(7,4-8)5-9/h2-3H2,1H3. The van der Waals surface area contributed by atoms with Crippen molar-refractivity contribution < 1.29 is 0 Å². The van der Waals surface area contributed by atoms with Gasteiger partial charge in [-0.3, -0.25) is 0 Å². The lowest BCUT2D eigenvalue weighted by molar-refractivity contribution is 0.774.